The molecule has 0 aliphatic carbocycles. The summed E-state index contributed by atoms with van der Waals surface area (Å²) < 4.78 is 0. The van der Waals surface area contributed by atoms with Gasteiger partial charge in [-0.2, -0.15) is 0 Å². The molecular weight excluding hydrogens is 122 g/mol. The molecule has 0 atom stereocenters. The van der Waals surface area contributed by atoms with E-state index in [1.54, 1.807) is 0 Å². The lowest BCUT2D eigenvalue weighted by Crippen LogP contribution is -1.86. The number of alkyl halides is 1. The average molecular weight is 134 g/mol. The van der Waals surface area contributed by atoms with Crippen LogP contribution >= 0.6 is 11.6 Å². The average Bonchev–Trinajstić information content (AvgIpc) is 1.69. The topological polar surface area (TPSA) is 0 Å². The SMILES string of the molecule is CC[CH2][Al][CH2]CCl. The van der Waals surface area contributed by atoms with Gasteiger partial charge in [0.25, 0.3) is 0 Å². The summed E-state index contributed by atoms with van der Waals surface area (Å²) in [6.45, 7) is 2.22. The molecule has 0 nitrogen and oxygen atoms in total. The first-order valence-corrected chi connectivity index (χ1v) is 4.96. The van der Waals surface area contributed by atoms with Crippen LogP contribution < -0.4 is 0 Å². The lowest BCUT2D eigenvalue weighted by molar-refractivity contribution is 1.07. The van der Waals surface area contributed by atoms with E-state index in [1.807, 2.05) is 0 Å². The molecule has 41 valence electrons. The molecule has 0 aromatic carbocycles. The summed E-state index contributed by atoms with van der Waals surface area (Å²) in [7, 11) is 0. The van der Waals surface area contributed by atoms with Crippen LogP contribution in [0.4, 0.5) is 0 Å². The predicted octanol–water partition coefficient (Wildman–Crippen LogP) is 2.18. The molecule has 0 bridgehead atoms. The van der Waals surface area contributed by atoms with Crippen molar-refractivity contribution in [3.05, 3.63) is 0 Å². The van der Waals surface area contributed by atoms with Crippen LogP contribution in [0.25, 0.3) is 0 Å². The fourth-order valence-electron chi connectivity index (χ4n) is 0.426. The van der Waals surface area contributed by atoms with Crippen LogP contribution in [0.3, 0.4) is 0 Å². The Labute approximate surface area is 57.0 Å². The van der Waals surface area contributed by atoms with Gasteiger partial charge in [0.1, 0.15) is 0 Å². The van der Waals surface area contributed by atoms with Crippen molar-refractivity contribution in [2.24, 2.45) is 0 Å². The molecule has 0 saturated carbocycles. The number of halogens is 1. The van der Waals surface area contributed by atoms with E-state index in [-0.39, 0.29) is 0 Å². The minimum Gasteiger partial charge on any atom is -0.128 e. The fourth-order valence-corrected chi connectivity index (χ4v) is 1.74. The minimum absolute atomic E-state index is 0.690. The van der Waals surface area contributed by atoms with Crippen LogP contribution in [-0.4, -0.2) is 21.1 Å². The van der Waals surface area contributed by atoms with E-state index in [9.17, 15) is 0 Å². The van der Waals surface area contributed by atoms with Gasteiger partial charge in [-0.3, -0.25) is 0 Å². The van der Waals surface area contributed by atoms with E-state index in [2.05, 4.69) is 6.92 Å². The molecule has 0 heterocycles. The van der Waals surface area contributed by atoms with Crippen LogP contribution in [0, 0.1) is 0 Å². The molecule has 0 aromatic heterocycles. The molecule has 0 spiro atoms. The summed E-state index contributed by atoms with van der Waals surface area (Å²) in [5, 5.41) is 2.70. The normalized spacial score (nSPS) is 8.86. The fraction of sp³-hybridized carbons (Fsp3) is 1.00. The molecule has 0 amide bonds. The third kappa shape index (κ3) is 6.82. The van der Waals surface area contributed by atoms with Gasteiger partial charge in [-0.15, -0.1) is 16.9 Å². The number of hydrogen-bond donors (Lipinski definition) is 0. The van der Waals surface area contributed by atoms with Crippen LogP contribution in [-0.2, 0) is 0 Å². The Morgan fingerprint density at radius 1 is 1.43 bits per heavy atom. The third-order valence-electron chi connectivity index (χ3n) is 0.806. The number of hydrogen-bond acceptors (Lipinski definition) is 0. The Morgan fingerprint density at radius 3 is 2.57 bits per heavy atom. The van der Waals surface area contributed by atoms with Crippen LogP contribution in [0.1, 0.15) is 13.3 Å². The van der Waals surface area contributed by atoms with Crippen molar-refractivity contribution in [1.82, 2.24) is 0 Å². The molecule has 0 N–H and O–H groups in total. The van der Waals surface area contributed by atoms with Gasteiger partial charge < -0.3 is 0 Å². The molecule has 0 fully saturated rings. The molecule has 2 heteroatoms. The molecule has 7 heavy (non-hydrogen) atoms. The van der Waals surface area contributed by atoms with Gasteiger partial charge in [-0.25, -0.2) is 0 Å². The highest BCUT2D eigenvalue weighted by Gasteiger charge is 1.85. The highest BCUT2D eigenvalue weighted by Crippen LogP contribution is 1.91. The van der Waals surface area contributed by atoms with Gasteiger partial charge in [0.05, 0.1) is 0 Å². The van der Waals surface area contributed by atoms with E-state index in [0.29, 0.717) is 15.2 Å². The van der Waals surface area contributed by atoms with Crippen molar-refractivity contribution in [2.75, 3.05) is 5.88 Å². The first-order chi connectivity index (χ1) is 3.41. The zero-order valence-corrected chi connectivity index (χ0v) is 6.69. The van der Waals surface area contributed by atoms with Gasteiger partial charge in [-0.1, -0.05) is 18.6 Å². The predicted molar refractivity (Wildman–Crippen MR) is 36.4 cm³/mol. The number of rotatable bonds is 4. The van der Waals surface area contributed by atoms with E-state index in [0.717, 1.165) is 5.88 Å². The first-order valence-electron chi connectivity index (χ1n) is 2.79. The summed E-state index contributed by atoms with van der Waals surface area (Å²) in [6.07, 6.45) is 1.34. The van der Waals surface area contributed by atoms with Gasteiger partial charge >= 0.3 is 0 Å². The molecular formula is C5H11AlCl. The largest absolute Gasteiger partial charge is 0.201 e. The van der Waals surface area contributed by atoms with Crippen LogP contribution in [0.15, 0.2) is 0 Å². The summed E-state index contributed by atoms with van der Waals surface area (Å²) in [6, 6.07) is 0. The van der Waals surface area contributed by atoms with Crippen LogP contribution in [0.5, 0.6) is 0 Å². The van der Waals surface area contributed by atoms with Crippen LogP contribution in [0.2, 0.25) is 10.6 Å². The van der Waals surface area contributed by atoms with Gasteiger partial charge in [0.2, 0.25) is 15.2 Å². The Morgan fingerprint density at radius 2 is 2.14 bits per heavy atom. The monoisotopic (exact) mass is 133 g/mol. The molecule has 0 rings (SSSR count). The Balaban J connectivity index is 2.45. The van der Waals surface area contributed by atoms with Crippen molar-refractivity contribution in [1.29, 1.82) is 0 Å². The zero-order valence-electron chi connectivity index (χ0n) is 4.78. The summed E-state index contributed by atoms with van der Waals surface area (Å²) in [5.74, 6) is 0.870. The minimum atomic E-state index is 0.690. The maximum atomic E-state index is 5.46. The second kappa shape index (κ2) is 6.82. The first kappa shape index (κ1) is 7.82. The van der Waals surface area contributed by atoms with Crippen molar-refractivity contribution in [2.45, 2.75) is 23.9 Å². The zero-order chi connectivity index (χ0) is 5.54. The maximum Gasteiger partial charge on any atom is 0.201 e. The summed E-state index contributed by atoms with van der Waals surface area (Å²) >= 11 is 6.15. The lowest BCUT2D eigenvalue weighted by atomic mass is 10.6. The highest BCUT2D eigenvalue weighted by atomic mass is 35.5. The van der Waals surface area contributed by atoms with E-state index >= 15 is 0 Å². The highest BCUT2D eigenvalue weighted by molar-refractivity contribution is 6.37. The lowest BCUT2D eigenvalue weighted by Gasteiger charge is -1.86. The Bertz CT molecular complexity index is 27.3. The second-order valence-electron chi connectivity index (χ2n) is 1.56. The molecule has 1 radical (unpaired) electrons. The van der Waals surface area contributed by atoms with Crippen molar-refractivity contribution >= 4 is 26.8 Å². The maximum absolute atomic E-state index is 5.46. The van der Waals surface area contributed by atoms with Gasteiger partial charge in [0, 0.05) is 5.88 Å². The van der Waals surface area contributed by atoms with E-state index in [1.165, 1.54) is 17.0 Å². The molecule has 0 unspecified atom stereocenters. The van der Waals surface area contributed by atoms with Gasteiger partial charge in [0.15, 0.2) is 0 Å². The van der Waals surface area contributed by atoms with Gasteiger partial charge in [-0.05, 0) is 0 Å². The molecule has 0 aromatic rings. The third-order valence-corrected chi connectivity index (χ3v) is 3.07. The second-order valence-corrected chi connectivity index (χ2v) is 3.67. The smallest absolute Gasteiger partial charge is 0.128 e. The van der Waals surface area contributed by atoms with E-state index < -0.39 is 0 Å². The molecule has 0 aliphatic rings. The van der Waals surface area contributed by atoms with Crippen molar-refractivity contribution in [3.63, 3.8) is 0 Å². The van der Waals surface area contributed by atoms with Crippen molar-refractivity contribution < 1.29 is 0 Å². The Kier molecular flexibility index (Phi) is 7.62. The molecule has 0 aliphatic heterocycles. The summed E-state index contributed by atoms with van der Waals surface area (Å²) in [4.78, 5) is 0. The summed E-state index contributed by atoms with van der Waals surface area (Å²) in [5.41, 5.74) is 0. The quantitative estimate of drug-likeness (QED) is 0.313. The Hall–Kier alpha value is 0.822. The van der Waals surface area contributed by atoms with Crippen molar-refractivity contribution in [3.8, 4) is 0 Å². The standard InChI is InChI=1S/C3H7.C2H4Cl.Al/c1-3-2;1-2-3;/h1,3H2,2H3;1-2H2;. The molecule has 0 saturated heterocycles. The van der Waals surface area contributed by atoms with E-state index in [4.69, 9.17) is 11.6 Å².